The van der Waals surface area contributed by atoms with Crippen molar-refractivity contribution in [3.8, 4) is 11.4 Å². The largest absolute Gasteiger partial charge is 0.556 e. The van der Waals surface area contributed by atoms with E-state index in [2.05, 4.69) is 4.98 Å². The van der Waals surface area contributed by atoms with Crippen molar-refractivity contribution in [2.24, 2.45) is 0 Å². The molecule has 6 heteroatoms. The van der Waals surface area contributed by atoms with E-state index in [0.29, 0.717) is 19.8 Å². The van der Waals surface area contributed by atoms with Gasteiger partial charge in [0.05, 0.1) is 11.4 Å². The van der Waals surface area contributed by atoms with Crippen LogP contribution in [-0.4, -0.2) is 38.6 Å². The molecule has 0 unspecified atom stereocenters. The SMILES string of the molecule is CCO[Si](OCC)(OCC)c1cccc(-c2ccccn2)n1. The molecular weight excluding hydrogens is 296 g/mol. The molecule has 0 N–H and O–H groups in total. The molecular formula is C16H22N2O3Si. The number of hydrogen-bond donors (Lipinski definition) is 0. The van der Waals surface area contributed by atoms with Gasteiger partial charge in [-0.1, -0.05) is 12.1 Å². The van der Waals surface area contributed by atoms with Crippen LogP contribution in [0.1, 0.15) is 20.8 Å². The summed E-state index contributed by atoms with van der Waals surface area (Å²) in [6.07, 6.45) is 1.75. The van der Waals surface area contributed by atoms with Gasteiger partial charge in [0.1, 0.15) is 5.32 Å². The summed E-state index contributed by atoms with van der Waals surface area (Å²) in [7, 11) is -2.97. The van der Waals surface area contributed by atoms with Gasteiger partial charge in [0.2, 0.25) is 0 Å². The van der Waals surface area contributed by atoms with E-state index in [0.717, 1.165) is 16.7 Å². The molecule has 22 heavy (non-hydrogen) atoms. The molecule has 118 valence electrons. The van der Waals surface area contributed by atoms with Gasteiger partial charge < -0.3 is 13.3 Å². The summed E-state index contributed by atoms with van der Waals surface area (Å²) in [5.41, 5.74) is 1.60. The molecule has 0 atom stereocenters. The lowest BCUT2D eigenvalue weighted by molar-refractivity contribution is 0.0850. The summed E-state index contributed by atoms with van der Waals surface area (Å²) in [5.74, 6) is 0. The van der Waals surface area contributed by atoms with Gasteiger partial charge in [0, 0.05) is 26.0 Å². The molecule has 0 aliphatic rings. The van der Waals surface area contributed by atoms with Crippen molar-refractivity contribution < 1.29 is 13.3 Å². The first-order valence-corrected chi connectivity index (χ1v) is 9.29. The maximum atomic E-state index is 5.90. The number of aromatic nitrogens is 2. The summed E-state index contributed by atoms with van der Waals surface area (Å²) < 4.78 is 17.7. The maximum absolute atomic E-state index is 5.90. The zero-order valence-corrected chi connectivity index (χ0v) is 14.3. The third kappa shape index (κ3) is 3.78. The minimum absolute atomic E-state index is 0.516. The average Bonchev–Trinajstić information content (AvgIpc) is 2.56. The fraction of sp³-hybridized carbons (Fsp3) is 0.375. The number of hydrogen-bond acceptors (Lipinski definition) is 5. The second kappa shape index (κ2) is 8.14. The molecule has 2 aromatic heterocycles. The van der Waals surface area contributed by atoms with Crippen molar-refractivity contribution in [2.45, 2.75) is 20.8 Å². The van der Waals surface area contributed by atoms with Crippen molar-refractivity contribution in [3.05, 3.63) is 42.6 Å². The van der Waals surface area contributed by atoms with Crippen LogP contribution < -0.4 is 5.32 Å². The predicted molar refractivity (Wildman–Crippen MR) is 87.7 cm³/mol. The second-order valence-electron chi connectivity index (χ2n) is 4.48. The van der Waals surface area contributed by atoms with E-state index in [1.54, 1.807) is 6.20 Å². The van der Waals surface area contributed by atoms with E-state index in [1.807, 2.05) is 57.2 Å². The summed E-state index contributed by atoms with van der Waals surface area (Å²) in [4.78, 5) is 9.04. The zero-order valence-electron chi connectivity index (χ0n) is 13.3. The lowest BCUT2D eigenvalue weighted by Gasteiger charge is -2.27. The van der Waals surface area contributed by atoms with Gasteiger partial charge in [0.15, 0.2) is 0 Å². The highest BCUT2D eigenvalue weighted by atomic mass is 28.4. The van der Waals surface area contributed by atoms with Crippen molar-refractivity contribution in [1.82, 2.24) is 9.97 Å². The van der Waals surface area contributed by atoms with Crippen molar-refractivity contribution in [1.29, 1.82) is 0 Å². The van der Waals surface area contributed by atoms with Gasteiger partial charge in [-0.05, 0) is 45.0 Å². The van der Waals surface area contributed by atoms with E-state index in [4.69, 9.17) is 18.3 Å². The highest BCUT2D eigenvalue weighted by molar-refractivity contribution is 6.74. The van der Waals surface area contributed by atoms with Crippen molar-refractivity contribution in [2.75, 3.05) is 19.8 Å². The highest BCUT2D eigenvalue weighted by Gasteiger charge is 2.45. The Kier molecular flexibility index (Phi) is 6.20. The fourth-order valence-corrected chi connectivity index (χ4v) is 4.57. The van der Waals surface area contributed by atoms with Gasteiger partial charge in [-0.15, -0.1) is 0 Å². The van der Waals surface area contributed by atoms with Crippen molar-refractivity contribution >= 4 is 14.1 Å². The molecule has 0 saturated heterocycles. The van der Waals surface area contributed by atoms with Crippen molar-refractivity contribution in [3.63, 3.8) is 0 Å². The first-order valence-electron chi connectivity index (χ1n) is 7.56. The van der Waals surface area contributed by atoms with E-state index >= 15 is 0 Å². The number of nitrogens with zero attached hydrogens (tertiary/aromatic N) is 2. The molecule has 0 fully saturated rings. The summed E-state index contributed by atoms with van der Waals surface area (Å²) in [5, 5.41) is 0.723. The third-order valence-corrected chi connectivity index (χ3v) is 5.91. The lowest BCUT2D eigenvalue weighted by atomic mass is 10.2. The van der Waals surface area contributed by atoms with Crippen LogP contribution in [0.15, 0.2) is 42.6 Å². The Labute approximate surface area is 132 Å². The van der Waals surface area contributed by atoms with E-state index in [9.17, 15) is 0 Å². The summed E-state index contributed by atoms with van der Waals surface area (Å²) in [6.45, 7) is 7.35. The van der Waals surface area contributed by atoms with Crippen LogP contribution in [0, 0.1) is 0 Å². The highest BCUT2D eigenvalue weighted by Crippen LogP contribution is 2.15. The maximum Gasteiger partial charge on any atom is 0.556 e. The second-order valence-corrected chi connectivity index (χ2v) is 6.97. The average molecular weight is 318 g/mol. The van der Waals surface area contributed by atoms with Gasteiger partial charge >= 0.3 is 8.80 Å². The first-order chi connectivity index (χ1) is 10.8. The molecule has 2 aromatic rings. The fourth-order valence-electron chi connectivity index (χ4n) is 2.18. The quantitative estimate of drug-likeness (QED) is 0.700. The Bertz CT molecular complexity index is 564. The summed E-state index contributed by atoms with van der Waals surface area (Å²) >= 11 is 0. The molecule has 0 radical (unpaired) electrons. The van der Waals surface area contributed by atoms with Crippen LogP contribution in [0.5, 0.6) is 0 Å². The van der Waals surface area contributed by atoms with E-state index < -0.39 is 8.80 Å². The molecule has 0 aliphatic heterocycles. The van der Waals surface area contributed by atoms with Gasteiger partial charge in [-0.3, -0.25) is 4.98 Å². The molecule has 0 amide bonds. The Hall–Kier alpha value is -1.60. The molecule has 2 rings (SSSR count). The van der Waals surface area contributed by atoms with Gasteiger partial charge in [-0.2, -0.15) is 0 Å². The molecule has 5 nitrogen and oxygen atoms in total. The minimum Gasteiger partial charge on any atom is -0.369 e. The molecule has 0 spiro atoms. The predicted octanol–water partition coefficient (Wildman–Crippen LogP) is 2.40. The standard InChI is InChI=1S/C16H22N2O3Si/c1-4-19-22(20-5-2,21-6-3)16-12-9-11-15(18-16)14-10-7-8-13-17-14/h7-13H,4-6H2,1-3H3. The smallest absolute Gasteiger partial charge is 0.369 e. The minimum atomic E-state index is -2.97. The Balaban J connectivity index is 2.43. The van der Waals surface area contributed by atoms with E-state index in [-0.39, 0.29) is 0 Å². The first kappa shape index (κ1) is 16.8. The van der Waals surface area contributed by atoms with Crippen LogP contribution in [0.25, 0.3) is 11.4 Å². The monoisotopic (exact) mass is 318 g/mol. The molecule has 0 saturated carbocycles. The number of rotatable bonds is 8. The molecule has 0 aliphatic carbocycles. The van der Waals surface area contributed by atoms with E-state index in [1.165, 1.54) is 0 Å². The Morgan fingerprint density at radius 2 is 1.45 bits per heavy atom. The van der Waals surface area contributed by atoms with Crippen LogP contribution >= 0.6 is 0 Å². The topological polar surface area (TPSA) is 53.5 Å². The summed E-state index contributed by atoms with van der Waals surface area (Å²) in [6, 6.07) is 11.5. The van der Waals surface area contributed by atoms with Crippen LogP contribution in [0.3, 0.4) is 0 Å². The third-order valence-electron chi connectivity index (χ3n) is 2.99. The van der Waals surface area contributed by atoms with Gasteiger partial charge in [0.25, 0.3) is 0 Å². The lowest BCUT2D eigenvalue weighted by Crippen LogP contribution is -2.58. The molecule has 2 heterocycles. The van der Waals surface area contributed by atoms with Crippen LogP contribution in [-0.2, 0) is 13.3 Å². The van der Waals surface area contributed by atoms with Crippen LogP contribution in [0.2, 0.25) is 0 Å². The molecule has 0 bridgehead atoms. The zero-order chi connectivity index (χ0) is 15.8. The normalized spacial score (nSPS) is 11.6. The van der Waals surface area contributed by atoms with Gasteiger partial charge in [-0.25, -0.2) is 4.98 Å². The van der Waals surface area contributed by atoms with Crippen LogP contribution in [0.4, 0.5) is 0 Å². The Morgan fingerprint density at radius 1 is 0.818 bits per heavy atom. The Morgan fingerprint density at radius 3 is 2.00 bits per heavy atom. The molecule has 0 aromatic carbocycles. The number of pyridine rings is 2.